The number of aliphatic carboxylic acids is 1. The molecule has 0 bridgehead atoms. The van der Waals surface area contributed by atoms with Crippen LogP contribution < -0.4 is 4.72 Å². The van der Waals surface area contributed by atoms with Gasteiger partial charge in [0.1, 0.15) is 0 Å². The van der Waals surface area contributed by atoms with Gasteiger partial charge in [0.05, 0.1) is 18.7 Å². The molecule has 0 aliphatic heterocycles. The van der Waals surface area contributed by atoms with Gasteiger partial charge in [0, 0.05) is 0 Å². The maximum atomic E-state index is 12.3. The van der Waals surface area contributed by atoms with Crippen LogP contribution in [0, 0.1) is 0 Å². The fraction of sp³-hybridized carbons (Fsp3) is 0.267. The first-order valence-electron chi connectivity index (χ1n) is 6.79. The third-order valence-corrected chi connectivity index (χ3v) is 4.60. The van der Waals surface area contributed by atoms with Crippen LogP contribution in [0.2, 0.25) is 0 Å². The lowest BCUT2D eigenvalue weighted by Crippen LogP contribution is -2.30. The Balaban J connectivity index is 2.37. The zero-order valence-electron chi connectivity index (χ0n) is 12.0. The van der Waals surface area contributed by atoms with Gasteiger partial charge in [-0.05, 0) is 29.7 Å². The molecule has 1 aromatic carbocycles. The highest BCUT2D eigenvalue weighted by Crippen LogP contribution is 2.24. The van der Waals surface area contributed by atoms with E-state index < -0.39 is 22.0 Å². The molecule has 2 N–H and O–H groups in total. The summed E-state index contributed by atoms with van der Waals surface area (Å²) in [4.78, 5) is 11.1. The van der Waals surface area contributed by atoms with Crippen molar-refractivity contribution in [1.82, 2.24) is 4.72 Å². The van der Waals surface area contributed by atoms with Crippen LogP contribution in [0.1, 0.15) is 30.5 Å². The number of rotatable bonds is 7. The number of sulfonamides is 1. The largest absolute Gasteiger partial charge is 0.481 e. The molecule has 0 aliphatic rings. The Hall–Kier alpha value is -2.12. The van der Waals surface area contributed by atoms with Gasteiger partial charge in [0.15, 0.2) is 0 Å². The summed E-state index contributed by atoms with van der Waals surface area (Å²) >= 11 is 0. The van der Waals surface area contributed by atoms with Gasteiger partial charge in [0.25, 0.3) is 10.0 Å². The van der Waals surface area contributed by atoms with Crippen LogP contribution >= 0.6 is 0 Å². The smallest absolute Gasteiger partial charge is 0.305 e. The van der Waals surface area contributed by atoms with E-state index in [1.165, 1.54) is 18.4 Å². The average Bonchev–Trinajstić information content (AvgIpc) is 3.01. The molecule has 1 atom stereocenters. The molecule has 7 heteroatoms. The second-order valence-electron chi connectivity index (χ2n) is 4.76. The van der Waals surface area contributed by atoms with Gasteiger partial charge in [-0.3, -0.25) is 4.79 Å². The minimum atomic E-state index is -3.91. The molecule has 118 valence electrons. The molecule has 0 saturated heterocycles. The summed E-state index contributed by atoms with van der Waals surface area (Å²) in [5.74, 6) is -1.09. The molecule has 1 heterocycles. The summed E-state index contributed by atoms with van der Waals surface area (Å²) < 4.78 is 31.8. The maximum absolute atomic E-state index is 12.3. The Morgan fingerprint density at radius 2 is 2.00 bits per heavy atom. The molecule has 6 nitrogen and oxygen atoms in total. The number of aryl methyl sites for hydroxylation is 1. The lowest BCUT2D eigenvalue weighted by Gasteiger charge is -2.19. The summed E-state index contributed by atoms with van der Waals surface area (Å²) in [6.45, 7) is 1.93. The molecule has 0 radical (unpaired) electrons. The van der Waals surface area contributed by atoms with Crippen molar-refractivity contribution < 1.29 is 22.7 Å². The van der Waals surface area contributed by atoms with Gasteiger partial charge in [-0.15, -0.1) is 0 Å². The quantitative estimate of drug-likeness (QED) is 0.815. The van der Waals surface area contributed by atoms with E-state index in [2.05, 4.69) is 4.72 Å². The van der Waals surface area contributed by atoms with Crippen molar-refractivity contribution in [1.29, 1.82) is 0 Å². The third-order valence-electron chi connectivity index (χ3n) is 3.25. The summed E-state index contributed by atoms with van der Waals surface area (Å²) in [6, 6.07) is 9.09. The van der Waals surface area contributed by atoms with Crippen molar-refractivity contribution in [2.24, 2.45) is 0 Å². The lowest BCUT2D eigenvalue weighted by molar-refractivity contribution is -0.137. The molecule has 0 amide bonds. The lowest BCUT2D eigenvalue weighted by atomic mass is 9.97. The number of carbonyl (C=O) groups is 1. The molecular weight excluding hydrogens is 306 g/mol. The zero-order valence-corrected chi connectivity index (χ0v) is 12.8. The van der Waals surface area contributed by atoms with Crippen molar-refractivity contribution in [3.8, 4) is 0 Å². The molecule has 0 fully saturated rings. The van der Waals surface area contributed by atoms with Crippen molar-refractivity contribution in [2.75, 3.05) is 0 Å². The molecule has 22 heavy (non-hydrogen) atoms. The van der Waals surface area contributed by atoms with Gasteiger partial charge < -0.3 is 9.52 Å². The zero-order chi connectivity index (χ0) is 16.2. The third kappa shape index (κ3) is 3.75. The van der Waals surface area contributed by atoms with Crippen LogP contribution in [0.15, 0.2) is 52.2 Å². The maximum Gasteiger partial charge on any atom is 0.305 e. The fourth-order valence-electron chi connectivity index (χ4n) is 2.25. The van der Waals surface area contributed by atoms with Crippen molar-refractivity contribution in [3.05, 3.63) is 53.8 Å². The first-order chi connectivity index (χ1) is 10.4. The average molecular weight is 323 g/mol. The van der Waals surface area contributed by atoms with Crippen LogP contribution in [-0.2, 0) is 21.2 Å². The fourth-order valence-corrected chi connectivity index (χ4v) is 3.39. The SMILES string of the molecule is CCc1ccccc1C(CC(=O)O)NS(=O)(=O)c1ccco1. The topological polar surface area (TPSA) is 96.6 Å². The predicted molar refractivity (Wildman–Crippen MR) is 79.8 cm³/mol. The van der Waals surface area contributed by atoms with E-state index in [1.807, 2.05) is 19.1 Å². The monoisotopic (exact) mass is 323 g/mol. The minimum Gasteiger partial charge on any atom is -0.481 e. The molecule has 2 aromatic rings. The van der Waals surface area contributed by atoms with Crippen LogP contribution in [0.25, 0.3) is 0 Å². The molecule has 1 aromatic heterocycles. The highest BCUT2D eigenvalue weighted by molar-refractivity contribution is 7.89. The molecule has 0 spiro atoms. The number of benzene rings is 1. The number of furan rings is 1. The summed E-state index contributed by atoms with van der Waals surface area (Å²) in [5, 5.41) is 8.84. The number of hydrogen-bond acceptors (Lipinski definition) is 4. The van der Waals surface area contributed by atoms with Crippen molar-refractivity contribution >= 4 is 16.0 Å². The highest BCUT2D eigenvalue weighted by Gasteiger charge is 2.26. The van der Waals surface area contributed by atoms with E-state index in [1.54, 1.807) is 12.1 Å². The van der Waals surface area contributed by atoms with Crippen molar-refractivity contribution in [2.45, 2.75) is 30.9 Å². The van der Waals surface area contributed by atoms with E-state index in [-0.39, 0.29) is 11.5 Å². The van der Waals surface area contributed by atoms with Crippen LogP contribution in [0.4, 0.5) is 0 Å². The Labute approximate surface area is 128 Å². The van der Waals surface area contributed by atoms with E-state index in [9.17, 15) is 13.2 Å². The van der Waals surface area contributed by atoms with E-state index in [0.29, 0.717) is 12.0 Å². The Morgan fingerprint density at radius 3 is 2.59 bits per heavy atom. The Bertz CT molecular complexity index is 737. The van der Waals surface area contributed by atoms with E-state index in [4.69, 9.17) is 9.52 Å². The van der Waals surface area contributed by atoms with Gasteiger partial charge in [-0.1, -0.05) is 31.2 Å². The van der Waals surface area contributed by atoms with Gasteiger partial charge >= 0.3 is 5.97 Å². The number of hydrogen-bond donors (Lipinski definition) is 2. The Morgan fingerprint density at radius 1 is 1.27 bits per heavy atom. The highest BCUT2D eigenvalue weighted by atomic mass is 32.2. The first kappa shape index (κ1) is 16.3. The molecule has 0 aliphatic carbocycles. The van der Waals surface area contributed by atoms with Crippen LogP contribution in [-0.4, -0.2) is 19.5 Å². The summed E-state index contributed by atoms with van der Waals surface area (Å²) in [6.07, 6.45) is 1.58. The molecule has 2 rings (SSSR count). The Kier molecular flexibility index (Phi) is 4.99. The number of carboxylic acids is 1. The molecular formula is C15H17NO5S. The molecule has 0 saturated carbocycles. The first-order valence-corrected chi connectivity index (χ1v) is 8.27. The number of nitrogens with one attached hydrogen (secondary N) is 1. The number of carboxylic acid groups (broad SMARTS) is 1. The summed E-state index contributed by atoms with van der Waals surface area (Å²) in [5.41, 5.74) is 1.55. The standard InChI is InChI=1S/C15H17NO5S/c1-2-11-6-3-4-7-12(11)13(10-14(17)18)16-22(19,20)15-8-5-9-21-15/h3-9,13,16H,2,10H2,1H3,(H,17,18). The van der Waals surface area contributed by atoms with E-state index in [0.717, 1.165) is 5.56 Å². The van der Waals surface area contributed by atoms with Gasteiger partial charge in [0.2, 0.25) is 5.09 Å². The second kappa shape index (κ2) is 6.76. The minimum absolute atomic E-state index is 0.239. The van der Waals surface area contributed by atoms with Crippen LogP contribution in [0.5, 0.6) is 0 Å². The molecule has 1 unspecified atom stereocenters. The van der Waals surface area contributed by atoms with E-state index >= 15 is 0 Å². The predicted octanol–water partition coefficient (Wildman–Crippen LogP) is 2.34. The normalized spacial score (nSPS) is 13.0. The van der Waals surface area contributed by atoms with Gasteiger partial charge in [-0.25, -0.2) is 13.1 Å². The van der Waals surface area contributed by atoms with Gasteiger partial charge in [-0.2, -0.15) is 0 Å². The second-order valence-corrected chi connectivity index (χ2v) is 6.40. The van der Waals surface area contributed by atoms with Crippen LogP contribution in [0.3, 0.4) is 0 Å². The summed E-state index contributed by atoms with van der Waals surface area (Å²) in [7, 11) is -3.91. The van der Waals surface area contributed by atoms with Crippen molar-refractivity contribution in [3.63, 3.8) is 0 Å².